The Balaban J connectivity index is 1.17. The summed E-state index contributed by atoms with van der Waals surface area (Å²) in [5.41, 5.74) is -3.29. The van der Waals surface area contributed by atoms with Crippen molar-refractivity contribution in [2.45, 2.75) is 64.2 Å². The number of aliphatic carboxylic acids is 1. The van der Waals surface area contributed by atoms with Crippen LogP contribution in [0.4, 0.5) is 13.2 Å². The van der Waals surface area contributed by atoms with Crippen molar-refractivity contribution < 1.29 is 42.9 Å². The largest absolute Gasteiger partial charge is 0.489 e. The summed E-state index contributed by atoms with van der Waals surface area (Å²) >= 11 is 0. The summed E-state index contributed by atoms with van der Waals surface area (Å²) in [5, 5.41) is 33.8. The molecule has 2 aromatic rings. The molecule has 240 valence electrons. The van der Waals surface area contributed by atoms with Gasteiger partial charge in [-0.3, -0.25) is 9.59 Å². The van der Waals surface area contributed by atoms with Gasteiger partial charge in [0.05, 0.1) is 12.0 Å². The van der Waals surface area contributed by atoms with Gasteiger partial charge < -0.3 is 20.2 Å². The Hall–Kier alpha value is -3.47. The van der Waals surface area contributed by atoms with Crippen LogP contribution in [0.15, 0.2) is 72.3 Å². The number of carbonyl (C=O) groups excluding carboxylic acids is 1. The number of benzene rings is 2. The molecule has 0 aliphatic heterocycles. The molecule has 0 spiro atoms. The van der Waals surface area contributed by atoms with Crippen LogP contribution in [0.25, 0.3) is 0 Å². The smallest absolute Gasteiger partial charge is 0.307 e. The molecule has 9 atom stereocenters. The van der Waals surface area contributed by atoms with E-state index in [1.807, 2.05) is 0 Å². The predicted octanol–water partition coefficient (Wildman–Crippen LogP) is 5.84. The second-order valence-electron chi connectivity index (χ2n) is 13.7. The average Bonchev–Trinajstić information content (AvgIpc) is 3.27. The van der Waals surface area contributed by atoms with Crippen LogP contribution in [0.2, 0.25) is 0 Å². The van der Waals surface area contributed by atoms with Crippen molar-refractivity contribution in [3.05, 3.63) is 89.3 Å². The number of ketones is 1. The zero-order chi connectivity index (χ0) is 32.3. The van der Waals surface area contributed by atoms with Crippen LogP contribution in [0.5, 0.6) is 5.75 Å². The molecule has 0 amide bonds. The first kappa shape index (κ1) is 31.5. The number of ether oxygens (including phenoxy) is 1. The van der Waals surface area contributed by atoms with Gasteiger partial charge in [-0.1, -0.05) is 37.3 Å². The minimum atomic E-state index is -2.29. The van der Waals surface area contributed by atoms with Crippen LogP contribution in [0.3, 0.4) is 0 Å². The fourth-order valence-corrected chi connectivity index (χ4v) is 9.03. The van der Waals surface area contributed by atoms with Crippen LogP contribution in [-0.2, 0) is 22.7 Å². The summed E-state index contributed by atoms with van der Waals surface area (Å²) in [6, 6.07) is 13.0. The van der Waals surface area contributed by atoms with E-state index in [1.165, 1.54) is 31.2 Å². The molecule has 0 saturated heterocycles. The Morgan fingerprint density at radius 1 is 1.04 bits per heavy atom. The van der Waals surface area contributed by atoms with Crippen molar-refractivity contribution >= 4 is 11.8 Å². The molecule has 2 aromatic carbocycles. The first-order valence-electron chi connectivity index (χ1n) is 15.4. The minimum absolute atomic E-state index is 0.0101. The zero-order valence-corrected chi connectivity index (χ0v) is 25.2. The van der Waals surface area contributed by atoms with Crippen molar-refractivity contribution in [2.75, 3.05) is 6.54 Å². The number of hydrogen-bond donors (Lipinski definition) is 3. The van der Waals surface area contributed by atoms with Crippen molar-refractivity contribution in [3.8, 4) is 5.75 Å². The number of aliphatic hydroxyl groups is 1. The van der Waals surface area contributed by atoms with Crippen LogP contribution in [0, 0.1) is 40.3 Å². The standard InChI is InChI=1S/C35H38F3NO6/c1-33-16-30(41)35(38)27(15-29(37)28-14-24(40)11-12-34(28,35)2)26(33)13-22(31(33)32(42)43)18-39(44)17-20-5-9-25(10-6-20)45-19-21-3-7-23(36)8-4-21/h3-12,14,22,26-27,29-31,41,44H,13,15-19H2,1-2H3,(H,42,43). The number of carbonyl (C=O) groups is 2. The van der Waals surface area contributed by atoms with Gasteiger partial charge in [-0.05, 0) is 96.6 Å². The van der Waals surface area contributed by atoms with E-state index in [2.05, 4.69) is 0 Å². The Morgan fingerprint density at radius 2 is 1.71 bits per heavy atom. The van der Waals surface area contributed by atoms with Gasteiger partial charge in [0.25, 0.3) is 0 Å². The number of rotatable bonds is 8. The van der Waals surface area contributed by atoms with Gasteiger partial charge in [-0.15, -0.1) is 0 Å². The van der Waals surface area contributed by atoms with E-state index in [4.69, 9.17) is 4.74 Å². The van der Waals surface area contributed by atoms with E-state index in [9.17, 15) is 29.4 Å². The van der Waals surface area contributed by atoms with E-state index in [1.54, 1.807) is 43.3 Å². The number of carboxylic acid groups (broad SMARTS) is 1. The van der Waals surface area contributed by atoms with Gasteiger partial charge in [0.1, 0.15) is 24.3 Å². The lowest BCUT2D eigenvalue weighted by atomic mass is 9.45. The van der Waals surface area contributed by atoms with Gasteiger partial charge in [0.2, 0.25) is 0 Å². The molecule has 0 aromatic heterocycles. The first-order chi connectivity index (χ1) is 21.3. The third-order valence-electron chi connectivity index (χ3n) is 11.1. The molecule has 7 nitrogen and oxygen atoms in total. The van der Waals surface area contributed by atoms with Gasteiger partial charge in [0, 0.05) is 24.4 Å². The predicted molar refractivity (Wildman–Crippen MR) is 158 cm³/mol. The average molecular weight is 626 g/mol. The molecule has 4 aliphatic carbocycles. The summed E-state index contributed by atoms with van der Waals surface area (Å²) in [6.45, 7) is 3.60. The second kappa shape index (κ2) is 11.4. The summed E-state index contributed by atoms with van der Waals surface area (Å²) in [5.74, 6) is -4.39. The number of hydrogen-bond acceptors (Lipinski definition) is 6. The van der Waals surface area contributed by atoms with E-state index in [-0.39, 0.29) is 50.3 Å². The summed E-state index contributed by atoms with van der Waals surface area (Å²) in [4.78, 5) is 24.8. The topological polar surface area (TPSA) is 107 Å². The molecular formula is C35H38F3NO6. The lowest BCUT2D eigenvalue weighted by Gasteiger charge is -2.62. The van der Waals surface area contributed by atoms with Gasteiger partial charge in [-0.2, -0.15) is 5.06 Å². The van der Waals surface area contributed by atoms with Gasteiger partial charge in [-0.25, -0.2) is 13.2 Å². The SMILES string of the molecule is CC12CC(O)C3(F)C(CC(F)C4=CC(=O)C=CC43C)C1CC(CN(O)Cc1ccc(OCc3ccc(F)cc3)cc1)C2C(=O)O. The number of nitrogens with zero attached hydrogens (tertiary/aromatic N) is 1. The fraction of sp³-hybridized carbons (Fsp3) is 0.486. The lowest BCUT2D eigenvalue weighted by Crippen LogP contribution is -2.68. The second-order valence-corrected chi connectivity index (χ2v) is 13.7. The van der Waals surface area contributed by atoms with Crippen LogP contribution >= 0.6 is 0 Å². The molecule has 4 aliphatic rings. The van der Waals surface area contributed by atoms with E-state index >= 15 is 8.78 Å². The lowest BCUT2D eigenvalue weighted by molar-refractivity contribution is -0.204. The van der Waals surface area contributed by atoms with Gasteiger partial charge >= 0.3 is 5.97 Å². The Labute approximate surface area is 260 Å². The first-order valence-corrected chi connectivity index (χ1v) is 15.4. The molecule has 0 heterocycles. The number of halogens is 3. The minimum Gasteiger partial charge on any atom is -0.489 e. The summed E-state index contributed by atoms with van der Waals surface area (Å²) < 4.78 is 52.0. The normalized spacial score (nSPS) is 37.1. The third-order valence-corrected chi connectivity index (χ3v) is 11.1. The fourth-order valence-electron chi connectivity index (χ4n) is 9.03. The number of allylic oxidation sites excluding steroid dienone is 4. The molecule has 9 unspecified atom stereocenters. The zero-order valence-electron chi connectivity index (χ0n) is 25.2. The monoisotopic (exact) mass is 625 g/mol. The number of alkyl halides is 2. The van der Waals surface area contributed by atoms with E-state index in [0.717, 1.165) is 22.3 Å². The molecule has 3 fully saturated rings. The van der Waals surface area contributed by atoms with Crippen LogP contribution in [0.1, 0.15) is 44.2 Å². The summed E-state index contributed by atoms with van der Waals surface area (Å²) in [6.07, 6.45) is 0.390. The highest BCUT2D eigenvalue weighted by Gasteiger charge is 2.73. The van der Waals surface area contributed by atoms with E-state index in [0.29, 0.717) is 5.75 Å². The molecule has 3 saturated carbocycles. The van der Waals surface area contributed by atoms with Crippen LogP contribution < -0.4 is 4.74 Å². The van der Waals surface area contributed by atoms with Crippen molar-refractivity contribution in [1.29, 1.82) is 0 Å². The quantitative estimate of drug-likeness (QED) is 0.317. The highest BCUT2D eigenvalue weighted by molar-refractivity contribution is 6.01. The van der Waals surface area contributed by atoms with E-state index < -0.39 is 64.2 Å². The Bertz CT molecular complexity index is 1530. The summed E-state index contributed by atoms with van der Waals surface area (Å²) in [7, 11) is 0. The number of aliphatic hydroxyl groups excluding tert-OH is 1. The molecule has 0 bridgehead atoms. The Morgan fingerprint density at radius 3 is 2.38 bits per heavy atom. The molecule has 45 heavy (non-hydrogen) atoms. The maximum absolute atomic E-state index is 17.4. The number of carboxylic acids is 1. The number of fused-ring (bicyclic) bond motifs is 5. The molecule has 6 rings (SSSR count). The maximum atomic E-state index is 17.4. The van der Waals surface area contributed by atoms with Crippen molar-refractivity contribution in [1.82, 2.24) is 5.06 Å². The van der Waals surface area contributed by atoms with Crippen molar-refractivity contribution in [3.63, 3.8) is 0 Å². The highest BCUT2D eigenvalue weighted by atomic mass is 19.1. The molecule has 0 radical (unpaired) electrons. The van der Waals surface area contributed by atoms with Crippen molar-refractivity contribution in [2.24, 2.45) is 34.5 Å². The maximum Gasteiger partial charge on any atom is 0.307 e. The van der Waals surface area contributed by atoms with Gasteiger partial charge in [0.15, 0.2) is 11.5 Å². The Kier molecular flexibility index (Phi) is 7.98. The van der Waals surface area contributed by atoms with Crippen LogP contribution in [-0.4, -0.2) is 56.7 Å². The molecular weight excluding hydrogens is 587 g/mol. The molecule has 3 N–H and O–H groups in total. The number of hydroxylamine groups is 2. The highest BCUT2D eigenvalue weighted by Crippen LogP contribution is 2.70. The third kappa shape index (κ3) is 5.20. The molecule has 10 heteroatoms.